The molecule has 0 unspecified atom stereocenters. The third-order valence-electron chi connectivity index (χ3n) is 3.56. The molecule has 22 heavy (non-hydrogen) atoms. The molecule has 0 saturated carbocycles. The van der Waals surface area contributed by atoms with Gasteiger partial charge in [0.1, 0.15) is 11.1 Å². The molecular formula is C17H18N2O2S. The quantitative estimate of drug-likeness (QED) is 0.878. The largest absolute Gasteiger partial charge is 0.494 e. The Kier molecular flexibility index (Phi) is 4.24. The first-order valence-electron chi connectivity index (χ1n) is 7.21. The highest BCUT2D eigenvalue weighted by Crippen LogP contribution is 2.43. The molecule has 2 aromatic rings. The minimum absolute atomic E-state index is 0.0772. The van der Waals surface area contributed by atoms with E-state index in [0.717, 1.165) is 17.0 Å². The number of nitrogens with two attached hydrogens (primary N) is 1. The van der Waals surface area contributed by atoms with Crippen LogP contribution in [0.2, 0.25) is 0 Å². The maximum Gasteiger partial charge on any atom is 0.238 e. The topological polar surface area (TPSA) is 55.6 Å². The fourth-order valence-electron chi connectivity index (χ4n) is 2.54. The SMILES string of the molecule is CCOc1ccc(N2C(=O)CS[C@H]2c2ccccc2N)cc1. The summed E-state index contributed by atoms with van der Waals surface area (Å²) in [7, 11) is 0. The number of carbonyl (C=O) groups is 1. The van der Waals surface area contributed by atoms with Gasteiger partial charge < -0.3 is 10.5 Å². The van der Waals surface area contributed by atoms with Crippen molar-refractivity contribution in [3.63, 3.8) is 0 Å². The second-order valence-electron chi connectivity index (χ2n) is 4.98. The minimum Gasteiger partial charge on any atom is -0.494 e. The fourth-order valence-corrected chi connectivity index (χ4v) is 3.76. The molecular weight excluding hydrogens is 296 g/mol. The van der Waals surface area contributed by atoms with E-state index in [4.69, 9.17) is 10.5 Å². The number of nitrogens with zero attached hydrogens (tertiary/aromatic N) is 1. The van der Waals surface area contributed by atoms with E-state index in [1.165, 1.54) is 0 Å². The van der Waals surface area contributed by atoms with Gasteiger partial charge in [-0.2, -0.15) is 0 Å². The van der Waals surface area contributed by atoms with E-state index in [0.29, 0.717) is 18.0 Å². The lowest BCUT2D eigenvalue weighted by molar-refractivity contribution is -0.115. The van der Waals surface area contributed by atoms with E-state index in [9.17, 15) is 4.79 Å². The number of rotatable bonds is 4. The summed E-state index contributed by atoms with van der Waals surface area (Å²) in [6.45, 7) is 2.57. The number of benzene rings is 2. The number of anilines is 2. The normalized spacial score (nSPS) is 17.8. The number of thioether (sulfide) groups is 1. The first-order chi connectivity index (χ1) is 10.7. The average Bonchev–Trinajstić information content (AvgIpc) is 2.90. The van der Waals surface area contributed by atoms with Crippen LogP contribution in [-0.2, 0) is 4.79 Å². The highest BCUT2D eigenvalue weighted by atomic mass is 32.2. The lowest BCUT2D eigenvalue weighted by Gasteiger charge is -2.25. The molecule has 0 spiro atoms. The first kappa shape index (κ1) is 14.8. The summed E-state index contributed by atoms with van der Waals surface area (Å²) in [6.07, 6.45) is 0. The zero-order valence-corrected chi connectivity index (χ0v) is 13.2. The summed E-state index contributed by atoms with van der Waals surface area (Å²) in [5.74, 6) is 1.37. The predicted molar refractivity (Wildman–Crippen MR) is 91.2 cm³/mol. The van der Waals surface area contributed by atoms with Gasteiger partial charge in [-0.05, 0) is 37.3 Å². The number of para-hydroxylation sites is 1. The number of carbonyl (C=O) groups excluding carboxylic acids is 1. The van der Waals surface area contributed by atoms with E-state index < -0.39 is 0 Å². The van der Waals surface area contributed by atoms with Gasteiger partial charge in [-0.3, -0.25) is 9.69 Å². The lowest BCUT2D eigenvalue weighted by atomic mass is 10.1. The van der Waals surface area contributed by atoms with E-state index in [1.54, 1.807) is 11.8 Å². The highest BCUT2D eigenvalue weighted by molar-refractivity contribution is 8.00. The molecule has 0 radical (unpaired) electrons. The van der Waals surface area contributed by atoms with Crippen LogP contribution in [0.15, 0.2) is 48.5 Å². The maximum atomic E-state index is 12.3. The van der Waals surface area contributed by atoms with Crippen molar-refractivity contribution in [2.45, 2.75) is 12.3 Å². The van der Waals surface area contributed by atoms with Gasteiger partial charge in [-0.1, -0.05) is 18.2 Å². The molecule has 114 valence electrons. The summed E-state index contributed by atoms with van der Waals surface area (Å²) < 4.78 is 5.45. The number of hydrogen-bond acceptors (Lipinski definition) is 4. The lowest BCUT2D eigenvalue weighted by Crippen LogP contribution is -2.28. The Morgan fingerprint density at radius 3 is 2.64 bits per heavy atom. The van der Waals surface area contributed by atoms with Crippen LogP contribution in [0.4, 0.5) is 11.4 Å². The van der Waals surface area contributed by atoms with E-state index in [1.807, 2.05) is 60.4 Å². The van der Waals surface area contributed by atoms with Gasteiger partial charge in [-0.15, -0.1) is 11.8 Å². The van der Waals surface area contributed by atoms with Crippen molar-refractivity contribution < 1.29 is 9.53 Å². The van der Waals surface area contributed by atoms with E-state index in [-0.39, 0.29) is 11.3 Å². The zero-order chi connectivity index (χ0) is 15.5. The summed E-state index contributed by atoms with van der Waals surface area (Å²) >= 11 is 1.60. The maximum absolute atomic E-state index is 12.3. The summed E-state index contributed by atoms with van der Waals surface area (Å²) in [4.78, 5) is 14.1. The fraction of sp³-hybridized carbons (Fsp3) is 0.235. The molecule has 1 atom stereocenters. The van der Waals surface area contributed by atoms with E-state index in [2.05, 4.69) is 0 Å². The molecule has 1 heterocycles. The Bertz CT molecular complexity index is 673. The van der Waals surface area contributed by atoms with Gasteiger partial charge in [0.2, 0.25) is 5.91 Å². The van der Waals surface area contributed by atoms with Crippen LogP contribution >= 0.6 is 11.8 Å². The molecule has 0 bridgehead atoms. The molecule has 1 amide bonds. The highest BCUT2D eigenvalue weighted by Gasteiger charge is 2.34. The van der Waals surface area contributed by atoms with Crippen molar-refractivity contribution in [3.05, 3.63) is 54.1 Å². The second-order valence-corrected chi connectivity index (χ2v) is 6.05. The summed E-state index contributed by atoms with van der Waals surface area (Å²) in [5, 5.41) is -0.0772. The molecule has 4 nitrogen and oxygen atoms in total. The van der Waals surface area contributed by atoms with Crippen LogP contribution in [-0.4, -0.2) is 18.3 Å². The van der Waals surface area contributed by atoms with Crippen molar-refractivity contribution in [2.24, 2.45) is 0 Å². The van der Waals surface area contributed by atoms with Gasteiger partial charge >= 0.3 is 0 Å². The number of hydrogen-bond donors (Lipinski definition) is 1. The summed E-state index contributed by atoms with van der Waals surface area (Å²) in [5.41, 5.74) is 8.64. The van der Waals surface area contributed by atoms with Gasteiger partial charge in [0.05, 0.1) is 12.4 Å². The molecule has 5 heteroatoms. The Balaban J connectivity index is 1.92. The average molecular weight is 314 g/mol. The Morgan fingerprint density at radius 1 is 1.23 bits per heavy atom. The summed E-state index contributed by atoms with van der Waals surface area (Å²) in [6, 6.07) is 15.3. The van der Waals surface area contributed by atoms with Crippen LogP contribution in [0.5, 0.6) is 5.75 Å². The van der Waals surface area contributed by atoms with Crippen molar-refractivity contribution in [1.29, 1.82) is 0 Å². The molecule has 1 saturated heterocycles. The van der Waals surface area contributed by atoms with Gasteiger partial charge in [0.25, 0.3) is 0 Å². The molecule has 2 N–H and O–H groups in total. The zero-order valence-electron chi connectivity index (χ0n) is 12.4. The first-order valence-corrected chi connectivity index (χ1v) is 8.26. The van der Waals surface area contributed by atoms with Crippen LogP contribution in [0.3, 0.4) is 0 Å². The molecule has 2 aromatic carbocycles. The van der Waals surface area contributed by atoms with Gasteiger partial charge in [-0.25, -0.2) is 0 Å². The molecule has 3 rings (SSSR count). The van der Waals surface area contributed by atoms with E-state index >= 15 is 0 Å². The molecule has 1 aliphatic rings. The third kappa shape index (κ3) is 2.76. The van der Waals surface area contributed by atoms with Gasteiger partial charge in [0, 0.05) is 16.9 Å². The van der Waals surface area contributed by atoms with Crippen LogP contribution in [0.1, 0.15) is 17.9 Å². The Hall–Kier alpha value is -2.14. The number of amides is 1. The second kappa shape index (κ2) is 6.32. The Labute approximate surface area is 134 Å². The van der Waals surface area contributed by atoms with Crippen LogP contribution < -0.4 is 15.4 Å². The standard InChI is InChI=1S/C17H18N2O2S/c1-2-21-13-9-7-12(8-10-13)19-16(20)11-22-17(19)14-5-3-4-6-15(14)18/h3-10,17H,2,11,18H2,1H3/t17-/m0/s1. The Morgan fingerprint density at radius 2 is 1.95 bits per heavy atom. The monoisotopic (exact) mass is 314 g/mol. The van der Waals surface area contributed by atoms with Crippen LogP contribution in [0.25, 0.3) is 0 Å². The molecule has 0 aromatic heterocycles. The van der Waals surface area contributed by atoms with Crippen molar-refractivity contribution >= 4 is 29.0 Å². The third-order valence-corrected chi connectivity index (χ3v) is 4.75. The van der Waals surface area contributed by atoms with Crippen LogP contribution in [0, 0.1) is 0 Å². The van der Waals surface area contributed by atoms with Crippen molar-refractivity contribution in [3.8, 4) is 5.75 Å². The van der Waals surface area contributed by atoms with Gasteiger partial charge in [0.15, 0.2) is 0 Å². The number of nitrogen functional groups attached to an aromatic ring is 1. The molecule has 1 aliphatic heterocycles. The minimum atomic E-state index is -0.0772. The smallest absolute Gasteiger partial charge is 0.238 e. The molecule has 1 fully saturated rings. The van der Waals surface area contributed by atoms with Crippen molar-refractivity contribution in [1.82, 2.24) is 0 Å². The predicted octanol–water partition coefficient (Wildman–Crippen LogP) is 3.45. The number of ether oxygens (including phenoxy) is 1. The molecule has 0 aliphatic carbocycles. The van der Waals surface area contributed by atoms with Crippen molar-refractivity contribution in [2.75, 3.05) is 23.0 Å².